The number of para-hydroxylation sites is 1. The van der Waals surface area contributed by atoms with Crippen LogP contribution < -0.4 is 10.1 Å². The lowest BCUT2D eigenvalue weighted by Crippen LogP contribution is -2.35. The molecule has 0 radical (unpaired) electrons. The lowest BCUT2D eigenvalue weighted by atomic mass is 9.96. The molecule has 1 aliphatic heterocycles. The van der Waals surface area contributed by atoms with Gasteiger partial charge >= 0.3 is 0 Å². The Balaban J connectivity index is 1.68. The Morgan fingerprint density at radius 1 is 1.36 bits per heavy atom. The van der Waals surface area contributed by atoms with E-state index in [1.807, 2.05) is 30.5 Å². The second-order valence-corrected chi connectivity index (χ2v) is 6.72. The van der Waals surface area contributed by atoms with Crippen molar-refractivity contribution in [1.82, 2.24) is 5.32 Å². The smallest absolute Gasteiger partial charge is 0.282 e. The van der Waals surface area contributed by atoms with Crippen LogP contribution in [0.5, 0.6) is 5.75 Å². The minimum atomic E-state index is -0.529. The maximum absolute atomic E-state index is 12.5. The molecular formula is C18H18N2O4S. The molecule has 2 aromatic rings. The first-order chi connectivity index (χ1) is 12.1. The van der Waals surface area contributed by atoms with Crippen molar-refractivity contribution in [3.05, 3.63) is 63.7 Å². The SMILES string of the molecule is CSc1ccc([N+](=O)[O-])c(C(=O)NCC2COc3ccccc3C2)c1. The Morgan fingerprint density at radius 2 is 2.16 bits per heavy atom. The van der Waals surface area contributed by atoms with Gasteiger partial charge in [-0.15, -0.1) is 11.8 Å². The van der Waals surface area contributed by atoms with Gasteiger partial charge in [0.05, 0.1) is 11.5 Å². The number of nitro groups is 1. The molecule has 0 saturated heterocycles. The van der Waals surface area contributed by atoms with Crippen molar-refractivity contribution in [3.8, 4) is 5.75 Å². The normalized spacial score (nSPS) is 15.8. The lowest BCUT2D eigenvalue weighted by molar-refractivity contribution is -0.385. The van der Waals surface area contributed by atoms with E-state index < -0.39 is 10.8 Å². The highest BCUT2D eigenvalue weighted by Crippen LogP contribution is 2.27. The van der Waals surface area contributed by atoms with E-state index in [0.29, 0.717) is 13.2 Å². The van der Waals surface area contributed by atoms with Crippen LogP contribution in [0.4, 0.5) is 5.69 Å². The molecule has 1 unspecified atom stereocenters. The zero-order valence-corrected chi connectivity index (χ0v) is 14.5. The maximum atomic E-state index is 12.5. The fourth-order valence-corrected chi connectivity index (χ4v) is 3.28. The summed E-state index contributed by atoms with van der Waals surface area (Å²) >= 11 is 1.44. The third kappa shape index (κ3) is 3.93. The first-order valence-electron chi connectivity index (χ1n) is 7.90. The van der Waals surface area contributed by atoms with Crippen molar-refractivity contribution in [2.24, 2.45) is 5.92 Å². The molecule has 1 N–H and O–H groups in total. The van der Waals surface area contributed by atoms with Crippen LogP contribution in [0.25, 0.3) is 0 Å². The molecule has 1 heterocycles. The number of amides is 1. The van der Waals surface area contributed by atoms with E-state index in [-0.39, 0.29) is 17.2 Å². The number of hydrogen-bond donors (Lipinski definition) is 1. The quantitative estimate of drug-likeness (QED) is 0.504. The molecular weight excluding hydrogens is 340 g/mol. The molecule has 2 aromatic carbocycles. The fourth-order valence-electron chi connectivity index (χ4n) is 2.84. The van der Waals surface area contributed by atoms with E-state index in [2.05, 4.69) is 5.32 Å². The lowest BCUT2D eigenvalue weighted by Gasteiger charge is -2.25. The third-order valence-corrected chi connectivity index (χ3v) is 4.88. The van der Waals surface area contributed by atoms with Crippen LogP contribution in [-0.4, -0.2) is 30.2 Å². The van der Waals surface area contributed by atoms with Crippen molar-refractivity contribution < 1.29 is 14.5 Å². The van der Waals surface area contributed by atoms with E-state index in [1.54, 1.807) is 12.1 Å². The highest BCUT2D eigenvalue weighted by molar-refractivity contribution is 7.98. The Morgan fingerprint density at radius 3 is 2.92 bits per heavy atom. The largest absolute Gasteiger partial charge is 0.493 e. The van der Waals surface area contributed by atoms with Gasteiger partial charge in [-0.2, -0.15) is 0 Å². The van der Waals surface area contributed by atoms with Crippen LogP contribution in [0, 0.1) is 16.0 Å². The third-order valence-electron chi connectivity index (χ3n) is 4.15. The summed E-state index contributed by atoms with van der Waals surface area (Å²) in [5.74, 6) is 0.594. The summed E-state index contributed by atoms with van der Waals surface area (Å²) in [5, 5.41) is 14.0. The average Bonchev–Trinajstić information content (AvgIpc) is 2.65. The van der Waals surface area contributed by atoms with E-state index in [1.165, 1.54) is 17.8 Å². The second-order valence-electron chi connectivity index (χ2n) is 5.84. The minimum Gasteiger partial charge on any atom is -0.493 e. The van der Waals surface area contributed by atoms with Gasteiger partial charge in [-0.3, -0.25) is 14.9 Å². The van der Waals surface area contributed by atoms with E-state index in [9.17, 15) is 14.9 Å². The van der Waals surface area contributed by atoms with Crippen LogP contribution >= 0.6 is 11.8 Å². The molecule has 1 atom stereocenters. The second kappa shape index (κ2) is 7.57. The Kier molecular flexibility index (Phi) is 5.23. The molecule has 25 heavy (non-hydrogen) atoms. The summed E-state index contributed by atoms with van der Waals surface area (Å²) in [6.07, 6.45) is 2.67. The number of nitro benzene ring substituents is 1. The highest BCUT2D eigenvalue weighted by Gasteiger charge is 2.23. The van der Waals surface area contributed by atoms with Crippen molar-refractivity contribution >= 4 is 23.4 Å². The van der Waals surface area contributed by atoms with Crippen LogP contribution in [0.3, 0.4) is 0 Å². The fraction of sp³-hybridized carbons (Fsp3) is 0.278. The van der Waals surface area contributed by atoms with Gasteiger partial charge in [-0.25, -0.2) is 0 Å². The highest BCUT2D eigenvalue weighted by atomic mass is 32.2. The molecule has 0 aromatic heterocycles. The monoisotopic (exact) mass is 358 g/mol. The van der Waals surface area contributed by atoms with Gasteiger partial charge in [0, 0.05) is 23.4 Å². The molecule has 1 aliphatic rings. The van der Waals surface area contributed by atoms with E-state index in [4.69, 9.17) is 4.74 Å². The molecule has 0 fully saturated rings. The molecule has 130 valence electrons. The summed E-state index contributed by atoms with van der Waals surface area (Å²) in [4.78, 5) is 23.9. The van der Waals surface area contributed by atoms with Gasteiger partial charge in [-0.05, 0) is 36.4 Å². The number of carbonyl (C=O) groups is 1. The number of carbonyl (C=O) groups excluding carboxylic acids is 1. The Bertz CT molecular complexity index is 809. The van der Waals surface area contributed by atoms with E-state index in [0.717, 1.165) is 22.6 Å². The first-order valence-corrected chi connectivity index (χ1v) is 9.12. The summed E-state index contributed by atoms with van der Waals surface area (Å²) in [7, 11) is 0. The number of ether oxygens (including phenoxy) is 1. The summed E-state index contributed by atoms with van der Waals surface area (Å²) < 4.78 is 5.71. The topological polar surface area (TPSA) is 81.5 Å². The summed E-state index contributed by atoms with van der Waals surface area (Å²) in [5.41, 5.74) is 1.03. The minimum absolute atomic E-state index is 0.0916. The van der Waals surface area contributed by atoms with Gasteiger partial charge in [0.15, 0.2) is 0 Å². The summed E-state index contributed by atoms with van der Waals surface area (Å²) in [6, 6.07) is 12.4. The number of fused-ring (bicyclic) bond motifs is 1. The van der Waals surface area contributed by atoms with Crippen molar-refractivity contribution in [2.75, 3.05) is 19.4 Å². The van der Waals surface area contributed by atoms with Gasteiger partial charge in [-0.1, -0.05) is 18.2 Å². The molecule has 0 saturated carbocycles. The van der Waals surface area contributed by atoms with Crippen LogP contribution in [-0.2, 0) is 6.42 Å². The average molecular weight is 358 g/mol. The first kappa shape index (κ1) is 17.3. The van der Waals surface area contributed by atoms with Crippen molar-refractivity contribution in [2.45, 2.75) is 11.3 Å². The zero-order chi connectivity index (χ0) is 17.8. The van der Waals surface area contributed by atoms with Crippen LogP contribution in [0.15, 0.2) is 47.4 Å². The number of thioether (sulfide) groups is 1. The van der Waals surface area contributed by atoms with Crippen LogP contribution in [0.1, 0.15) is 15.9 Å². The maximum Gasteiger partial charge on any atom is 0.282 e. The summed E-state index contributed by atoms with van der Waals surface area (Å²) in [6.45, 7) is 0.929. The van der Waals surface area contributed by atoms with E-state index >= 15 is 0 Å². The molecule has 7 heteroatoms. The number of nitrogens with one attached hydrogen (secondary N) is 1. The molecule has 3 rings (SSSR count). The Hall–Kier alpha value is -2.54. The number of benzene rings is 2. The van der Waals surface area contributed by atoms with Gasteiger partial charge in [0.25, 0.3) is 11.6 Å². The molecule has 0 bridgehead atoms. The number of hydrogen-bond acceptors (Lipinski definition) is 5. The Labute approximate surface area is 149 Å². The molecule has 0 spiro atoms. The number of nitrogens with zero attached hydrogens (tertiary/aromatic N) is 1. The van der Waals surface area contributed by atoms with Gasteiger partial charge < -0.3 is 10.1 Å². The molecule has 1 amide bonds. The predicted octanol–water partition coefficient (Wildman–Crippen LogP) is 3.30. The zero-order valence-electron chi connectivity index (χ0n) is 13.7. The van der Waals surface area contributed by atoms with Crippen molar-refractivity contribution in [3.63, 3.8) is 0 Å². The van der Waals surface area contributed by atoms with Crippen LogP contribution in [0.2, 0.25) is 0 Å². The standard InChI is InChI=1S/C18H18N2O4S/c1-25-14-6-7-16(20(22)23)15(9-14)18(21)19-10-12-8-13-4-2-3-5-17(13)24-11-12/h2-7,9,12H,8,10-11H2,1H3,(H,19,21). The molecule has 0 aliphatic carbocycles. The molecule has 6 nitrogen and oxygen atoms in total. The number of rotatable bonds is 5. The van der Waals surface area contributed by atoms with Gasteiger partial charge in [0.1, 0.15) is 11.3 Å². The van der Waals surface area contributed by atoms with Crippen molar-refractivity contribution in [1.29, 1.82) is 0 Å². The van der Waals surface area contributed by atoms with Gasteiger partial charge in [0.2, 0.25) is 0 Å². The predicted molar refractivity (Wildman–Crippen MR) is 96.3 cm³/mol.